The van der Waals surface area contributed by atoms with Crippen LogP contribution >= 0.6 is 0 Å². The van der Waals surface area contributed by atoms with E-state index in [1.165, 1.54) is 19.2 Å². The highest BCUT2D eigenvalue weighted by Gasteiger charge is 2.09. The van der Waals surface area contributed by atoms with Gasteiger partial charge in [-0.05, 0) is 11.6 Å². The summed E-state index contributed by atoms with van der Waals surface area (Å²) in [6.45, 7) is 0.896. The second kappa shape index (κ2) is 5.73. The highest BCUT2D eigenvalue weighted by Crippen LogP contribution is 2.22. The van der Waals surface area contributed by atoms with Crippen molar-refractivity contribution in [3.05, 3.63) is 33.9 Å². The molecule has 0 aliphatic rings. The minimum absolute atomic E-state index is 0.0110. The third kappa shape index (κ3) is 3.26. The largest absolute Gasteiger partial charge is 0.496 e. The van der Waals surface area contributed by atoms with Crippen molar-refractivity contribution < 1.29 is 9.66 Å². The van der Waals surface area contributed by atoms with Crippen molar-refractivity contribution in [3.8, 4) is 18.1 Å². The molecule has 0 heterocycles. The Morgan fingerprint density at radius 3 is 2.88 bits per heavy atom. The summed E-state index contributed by atoms with van der Waals surface area (Å²) in [4.78, 5) is 10.2. The summed E-state index contributed by atoms with van der Waals surface area (Å²) in [5, 5.41) is 13.6. The number of methoxy groups -OCH3 is 1. The van der Waals surface area contributed by atoms with Crippen LogP contribution in [0.5, 0.6) is 5.75 Å². The number of nitro groups is 1. The summed E-state index contributed by atoms with van der Waals surface area (Å²) in [5.74, 6) is 2.89. The van der Waals surface area contributed by atoms with E-state index in [4.69, 9.17) is 11.2 Å². The zero-order valence-electron chi connectivity index (χ0n) is 8.90. The van der Waals surface area contributed by atoms with Gasteiger partial charge in [-0.2, -0.15) is 0 Å². The number of terminal acetylenes is 1. The van der Waals surface area contributed by atoms with Crippen molar-refractivity contribution in [2.45, 2.75) is 6.54 Å². The van der Waals surface area contributed by atoms with Crippen LogP contribution in [0.2, 0.25) is 0 Å². The topological polar surface area (TPSA) is 64.4 Å². The maximum Gasteiger partial charge on any atom is 0.273 e. The van der Waals surface area contributed by atoms with Crippen LogP contribution in [-0.2, 0) is 6.54 Å². The summed E-state index contributed by atoms with van der Waals surface area (Å²) in [6, 6.07) is 4.60. The standard InChI is InChI=1S/C11H12N2O3/c1-3-4-12-8-9-5-10(13(14)15)7-11(6-9)16-2/h1,5-7,12H,4,8H2,2H3. The monoisotopic (exact) mass is 220 g/mol. The number of benzene rings is 1. The first-order chi connectivity index (χ1) is 7.67. The van der Waals surface area contributed by atoms with Gasteiger partial charge in [0.2, 0.25) is 0 Å². The molecule has 0 radical (unpaired) electrons. The van der Waals surface area contributed by atoms with E-state index in [0.29, 0.717) is 18.8 Å². The Hall–Kier alpha value is -2.06. The average Bonchev–Trinajstić information content (AvgIpc) is 2.29. The van der Waals surface area contributed by atoms with Gasteiger partial charge in [0.15, 0.2) is 0 Å². The molecule has 1 aromatic rings. The molecule has 1 N–H and O–H groups in total. The van der Waals surface area contributed by atoms with Gasteiger partial charge in [-0.25, -0.2) is 0 Å². The van der Waals surface area contributed by atoms with Crippen LogP contribution in [-0.4, -0.2) is 18.6 Å². The lowest BCUT2D eigenvalue weighted by Crippen LogP contribution is -2.13. The van der Waals surface area contributed by atoms with Gasteiger partial charge in [0.1, 0.15) is 5.75 Å². The van der Waals surface area contributed by atoms with Crippen LogP contribution in [0.25, 0.3) is 0 Å². The first-order valence-corrected chi connectivity index (χ1v) is 4.64. The van der Waals surface area contributed by atoms with Gasteiger partial charge < -0.3 is 10.1 Å². The van der Waals surface area contributed by atoms with E-state index in [9.17, 15) is 10.1 Å². The fourth-order valence-electron chi connectivity index (χ4n) is 1.25. The Bertz CT molecular complexity index is 424. The Morgan fingerprint density at radius 2 is 2.31 bits per heavy atom. The third-order valence-corrected chi connectivity index (χ3v) is 1.95. The van der Waals surface area contributed by atoms with Crippen LogP contribution in [0.3, 0.4) is 0 Å². The van der Waals surface area contributed by atoms with Crippen molar-refractivity contribution in [3.63, 3.8) is 0 Å². The van der Waals surface area contributed by atoms with E-state index >= 15 is 0 Å². The molecule has 0 atom stereocenters. The summed E-state index contributed by atoms with van der Waals surface area (Å²) >= 11 is 0. The minimum Gasteiger partial charge on any atom is -0.496 e. The maximum atomic E-state index is 10.6. The van der Waals surface area contributed by atoms with E-state index < -0.39 is 4.92 Å². The smallest absolute Gasteiger partial charge is 0.273 e. The van der Waals surface area contributed by atoms with Gasteiger partial charge >= 0.3 is 0 Å². The van der Waals surface area contributed by atoms with E-state index in [0.717, 1.165) is 5.56 Å². The van der Waals surface area contributed by atoms with Gasteiger partial charge in [-0.15, -0.1) is 6.42 Å². The molecule has 0 saturated heterocycles. The molecule has 5 nitrogen and oxygen atoms in total. The third-order valence-electron chi connectivity index (χ3n) is 1.95. The van der Waals surface area contributed by atoms with Crippen LogP contribution in [0.4, 0.5) is 5.69 Å². The van der Waals surface area contributed by atoms with Crippen molar-refractivity contribution in [1.82, 2.24) is 5.32 Å². The predicted octanol–water partition coefficient (Wildman–Crippen LogP) is 1.33. The predicted molar refractivity (Wildman–Crippen MR) is 60.2 cm³/mol. The lowest BCUT2D eigenvalue weighted by Gasteiger charge is -2.05. The molecule has 0 aliphatic heterocycles. The molecule has 0 unspecified atom stereocenters. The molecule has 0 bridgehead atoms. The van der Waals surface area contributed by atoms with Crippen molar-refractivity contribution in [2.24, 2.45) is 0 Å². The SMILES string of the molecule is C#CCNCc1cc(OC)cc([N+](=O)[O-])c1. The summed E-state index contributed by atoms with van der Waals surface area (Å²) in [5.41, 5.74) is 0.776. The molecule has 0 aromatic heterocycles. The number of rotatable bonds is 5. The number of ether oxygens (including phenoxy) is 1. The second-order valence-corrected chi connectivity index (χ2v) is 3.10. The van der Waals surface area contributed by atoms with E-state index in [-0.39, 0.29) is 5.69 Å². The molecule has 1 rings (SSSR count). The van der Waals surface area contributed by atoms with Crippen LogP contribution in [0.1, 0.15) is 5.56 Å². The van der Waals surface area contributed by atoms with E-state index in [2.05, 4.69) is 11.2 Å². The number of nitrogens with one attached hydrogen (secondary N) is 1. The number of hydrogen-bond acceptors (Lipinski definition) is 4. The molecule has 0 spiro atoms. The quantitative estimate of drug-likeness (QED) is 0.352. The fourth-order valence-corrected chi connectivity index (χ4v) is 1.25. The van der Waals surface area contributed by atoms with Gasteiger partial charge in [0.25, 0.3) is 5.69 Å². The summed E-state index contributed by atoms with van der Waals surface area (Å²) < 4.78 is 4.98. The molecule has 5 heteroatoms. The Labute approximate surface area is 93.6 Å². The Morgan fingerprint density at radius 1 is 1.56 bits per heavy atom. The minimum atomic E-state index is -0.451. The molecular formula is C11H12N2O3. The number of hydrogen-bond donors (Lipinski definition) is 1. The van der Waals surface area contributed by atoms with Crippen molar-refractivity contribution >= 4 is 5.69 Å². The van der Waals surface area contributed by atoms with Gasteiger partial charge in [0.05, 0.1) is 24.6 Å². The number of nitrogens with zero attached hydrogens (tertiary/aromatic N) is 1. The zero-order chi connectivity index (χ0) is 12.0. The lowest BCUT2D eigenvalue weighted by atomic mass is 10.2. The molecule has 1 aromatic carbocycles. The Balaban J connectivity index is 2.87. The van der Waals surface area contributed by atoms with Gasteiger partial charge in [-0.3, -0.25) is 10.1 Å². The molecule has 84 valence electrons. The molecule has 0 saturated carbocycles. The second-order valence-electron chi connectivity index (χ2n) is 3.10. The van der Waals surface area contributed by atoms with Gasteiger partial charge in [-0.1, -0.05) is 5.92 Å². The molecule has 0 amide bonds. The van der Waals surface area contributed by atoms with E-state index in [1.807, 2.05) is 0 Å². The fraction of sp³-hybridized carbons (Fsp3) is 0.273. The van der Waals surface area contributed by atoms with Crippen LogP contribution in [0, 0.1) is 22.5 Å². The van der Waals surface area contributed by atoms with Gasteiger partial charge in [0, 0.05) is 12.6 Å². The molecule has 16 heavy (non-hydrogen) atoms. The highest BCUT2D eigenvalue weighted by atomic mass is 16.6. The highest BCUT2D eigenvalue weighted by molar-refractivity contribution is 5.42. The zero-order valence-corrected chi connectivity index (χ0v) is 8.90. The van der Waals surface area contributed by atoms with Crippen molar-refractivity contribution in [2.75, 3.05) is 13.7 Å². The first kappa shape index (κ1) is 12.0. The summed E-state index contributed by atoms with van der Waals surface area (Å²) in [7, 11) is 1.47. The molecular weight excluding hydrogens is 208 g/mol. The maximum absolute atomic E-state index is 10.6. The van der Waals surface area contributed by atoms with Crippen LogP contribution in [0.15, 0.2) is 18.2 Å². The van der Waals surface area contributed by atoms with E-state index in [1.54, 1.807) is 6.07 Å². The number of non-ortho nitro benzene ring substituents is 1. The summed E-state index contributed by atoms with van der Waals surface area (Å²) in [6.07, 6.45) is 5.08. The lowest BCUT2D eigenvalue weighted by molar-refractivity contribution is -0.385. The van der Waals surface area contributed by atoms with Crippen LogP contribution < -0.4 is 10.1 Å². The first-order valence-electron chi connectivity index (χ1n) is 4.64. The molecule has 0 fully saturated rings. The normalized spacial score (nSPS) is 9.50. The average molecular weight is 220 g/mol. The number of nitro benzene ring substituents is 1. The molecule has 0 aliphatic carbocycles. The van der Waals surface area contributed by atoms with Crippen molar-refractivity contribution in [1.29, 1.82) is 0 Å². The Kier molecular flexibility index (Phi) is 4.30.